The number of nitrogens with zero attached hydrogens (tertiary/aromatic N) is 1. The average molecular weight is 479 g/mol. The second-order valence-corrected chi connectivity index (χ2v) is 8.64. The minimum absolute atomic E-state index is 0.0892. The maximum Gasteiger partial charge on any atom is 0.261 e. The Labute approximate surface area is 198 Å². The Bertz CT molecular complexity index is 927. The van der Waals surface area contributed by atoms with Gasteiger partial charge >= 0.3 is 0 Å². The topological polar surface area (TPSA) is 67.9 Å². The van der Waals surface area contributed by atoms with E-state index in [1.807, 2.05) is 6.07 Å². The van der Waals surface area contributed by atoms with Crippen LogP contribution in [0.25, 0.3) is 0 Å². The first kappa shape index (κ1) is 24.2. The van der Waals surface area contributed by atoms with Crippen LogP contribution in [0.15, 0.2) is 42.5 Å². The molecule has 32 heavy (non-hydrogen) atoms. The van der Waals surface area contributed by atoms with Crippen molar-refractivity contribution in [2.24, 2.45) is 0 Å². The first-order valence-electron chi connectivity index (χ1n) is 10.7. The highest BCUT2D eigenvalue weighted by Crippen LogP contribution is 2.28. The van der Waals surface area contributed by atoms with Gasteiger partial charge in [0.15, 0.2) is 18.1 Å². The summed E-state index contributed by atoms with van der Waals surface area (Å²) in [4.78, 5) is 27.6. The zero-order valence-electron chi connectivity index (χ0n) is 18.3. The van der Waals surface area contributed by atoms with Crippen LogP contribution in [-0.2, 0) is 16.1 Å². The third-order valence-electron chi connectivity index (χ3n) is 5.68. The van der Waals surface area contributed by atoms with Crippen molar-refractivity contribution in [2.45, 2.75) is 51.2 Å². The van der Waals surface area contributed by atoms with Crippen LogP contribution >= 0.6 is 23.2 Å². The Morgan fingerprint density at radius 1 is 1.06 bits per heavy atom. The summed E-state index contributed by atoms with van der Waals surface area (Å²) in [5, 5.41) is 3.93. The number of ether oxygens (including phenoxy) is 2. The SMILES string of the molecule is COc1ccccc1OCC(=O)N(Cc1c(Cl)cccc1Cl)[C@H](C)C(=O)NC1CCCC1. The Morgan fingerprint density at radius 3 is 2.31 bits per heavy atom. The van der Waals surface area contributed by atoms with Gasteiger partial charge in [0.1, 0.15) is 6.04 Å². The molecule has 0 heterocycles. The van der Waals surface area contributed by atoms with Crippen LogP contribution in [-0.4, -0.2) is 42.5 Å². The molecule has 1 saturated carbocycles. The van der Waals surface area contributed by atoms with Gasteiger partial charge in [-0.25, -0.2) is 0 Å². The molecule has 0 aromatic heterocycles. The highest BCUT2D eigenvalue weighted by atomic mass is 35.5. The highest BCUT2D eigenvalue weighted by Gasteiger charge is 2.29. The van der Waals surface area contributed by atoms with Crippen molar-refractivity contribution >= 4 is 35.0 Å². The summed E-state index contributed by atoms with van der Waals surface area (Å²) < 4.78 is 11.0. The van der Waals surface area contributed by atoms with E-state index in [9.17, 15) is 9.59 Å². The fraction of sp³-hybridized carbons (Fsp3) is 0.417. The monoisotopic (exact) mass is 478 g/mol. The van der Waals surface area contributed by atoms with Gasteiger partial charge in [-0.15, -0.1) is 0 Å². The summed E-state index contributed by atoms with van der Waals surface area (Å²) in [5.74, 6) is 0.404. The molecule has 0 saturated heterocycles. The maximum atomic E-state index is 13.2. The van der Waals surface area contributed by atoms with Gasteiger partial charge < -0.3 is 19.7 Å². The molecule has 1 atom stereocenters. The lowest BCUT2D eigenvalue weighted by atomic mass is 10.1. The molecule has 0 unspecified atom stereocenters. The predicted octanol–water partition coefficient (Wildman–Crippen LogP) is 4.86. The van der Waals surface area contributed by atoms with Crippen LogP contribution in [0.3, 0.4) is 0 Å². The zero-order valence-corrected chi connectivity index (χ0v) is 19.8. The normalized spacial score (nSPS) is 14.6. The van der Waals surface area contributed by atoms with E-state index in [1.165, 1.54) is 12.0 Å². The lowest BCUT2D eigenvalue weighted by Crippen LogP contribution is -2.50. The number of rotatable bonds is 9. The van der Waals surface area contributed by atoms with Crippen molar-refractivity contribution < 1.29 is 19.1 Å². The van der Waals surface area contributed by atoms with Crippen LogP contribution in [0.5, 0.6) is 11.5 Å². The number of benzene rings is 2. The van der Waals surface area contributed by atoms with Gasteiger partial charge in [-0.3, -0.25) is 9.59 Å². The number of hydrogen-bond acceptors (Lipinski definition) is 4. The maximum absolute atomic E-state index is 13.2. The lowest BCUT2D eigenvalue weighted by molar-refractivity contribution is -0.142. The van der Waals surface area contributed by atoms with E-state index >= 15 is 0 Å². The van der Waals surface area contributed by atoms with E-state index in [1.54, 1.807) is 43.3 Å². The highest BCUT2D eigenvalue weighted by molar-refractivity contribution is 6.36. The molecule has 6 nitrogen and oxygen atoms in total. The summed E-state index contributed by atoms with van der Waals surface area (Å²) in [7, 11) is 1.53. The summed E-state index contributed by atoms with van der Waals surface area (Å²) >= 11 is 12.7. The molecule has 2 aromatic carbocycles. The second-order valence-electron chi connectivity index (χ2n) is 7.83. The molecule has 1 fully saturated rings. The van der Waals surface area contributed by atoms with Gasteiger partial charge in [-0.2, -0.15) is 0 Å². The number of halogens is 2. The molecule has 0 aliphatic heterocycles. The summed E-state index contributed by atoms with van der Waals surface area (Å²) in [6.07, 6.45) is 4.12. The van der Waals surface area contributed by atoms with Crippen molar-refractivity contribution in [3.8, 4) is 11.5 Å². The van der Waals surface area contributed by atoms with E-state index < -0.39 is 6.04 Å². The first-order chi connectivity index (χ1) is 15.4. The Morgan fingerprint density at radius 2 is 1.69 bits per heavy atom. The number of amides is 2. The Balaban J connectivity index is 1.78. The molecule has 3 rings (SSSR count). The van der Waals surface area contributed by atoms with Crippen molar-refractivity contribution in [3.63, 3.8) is 0 Å². The summed E-state index contributed by atoms with van der Waals surface area (Å²) in [6.45, 7) is 1.53. The van der Waals surface area contributed by atoms with E-state index in [4.69, 9.17) is 32.7 Å². The number of nitrogens with one attached hydrogen (secondary N) is 1. The second kappa shape index (κ2) is 11.4. The minimum atomic E-state index is -0.725. The van der Waals surface area contributed by atoms with Crippen LogP contribution in [0.4, 0.5) is 0 Å². The van der Waals surface area contributed by atoms with Gasteiger partial charge in [0.2, 0.25) is 5.91 Å². The number of methoxy groups -OCH3 is 1. The smallest absolute Gasteiger partial charge is 0.261 e. The molecular weight excluding hydrogens is 451 g/mol. The van der Waals surface area contributed by atoms with Crippen LogP contribution < -0.4 is 14.8 Å². The Kier molecular flexibility index (Phi) is 8.65. The third kappa shape index (κ3) is 6.08. The number of hydrogen-bond donors (Lipinski definition) is 1. The van der Waals surface area contributed by atoms with Crippen molar-refractivity contribution in [1.29, 1.82) is 0 Å². The van der Waals surface area contributed by atoms with Crippen molar-refractivity contribution in [1.82, 2.24) is 10.2 Å². The molecule has 172 valence electrons. The standard InChI is InChI=1S/C24H28Cl2N2O4/c1-16(24(30)27-17-8-3-4-9-17)28(14-18-19(25)10-7-11-20(18)26)23(29)15-32-22-13-6-5-12-21(22)31-2/h5-7,10-13,16-17H,3-4,8-9,14-15H2,1-2H3,(H,27,30)/t16-/m1/s1. The fourth-order valence-electron chi connectivity index (χ4n) is 3.79. The van der Waals surface area contributed by atoms with E-state index in [0.717, 1.165) is 25.7 Å². The van der Waals surface area contributed by atoms with Gasteiger partial charge in [-0.1, -0.05) is 54.2 Å². The summed E-state index contributed by atoms with van der Waals surface area (Å²) in [5.41, 5.74) is 0.585. The van der Waals surface area contributed by atoms with Crippen LogP contribution in [0.2, 0.25) is 10.0 Å². The zero-order chi connectivity index (χ0) is 23.1. The van der Waals surface area contributed by atoms with Gasteiger partial charge in [0.05, 0.1) is 7.11 Å². The van der Waals surface area contributed by atoms with E-state index in [2.05, 4.69) is 5.32 Å². The molecule has 0 radical (unpaired) electrons. The molecule has 1 aliphatic rings. The van der Waals surface area contributed by atoms with Gasteiger partial charge in [0, 0.05) is 28.2 Å². The molecule has 2 aromatic rings. The molecule has 2 amide bonds. The average Bonchev–Trinajstić information content (AvgIpc) is 3.30. The quantitative estimate of drug-likeness (QED) is 0.558. The molecule has 0 bridgehead atoms. The molecular formula is C24H28Cl2N2O4. The Hall–Kier alpha value is -2.44. The largest absolute Gasteiger partial charge is 0.493 e. The van der Waals surface area contributed by atoms with E-state index in [-0.39, 0.29) is 31.0 Å². The van der Waals surface area contributed by atoms with Crippen LogP contribution in [0, 0.1) is 0 Å². The van der Waals surface area contributed by atoms with Crippen molar-refractivity contribution in [3.05, 3.63) is 58.1 Å². The predicted molar refractivity (Wildman–Crippen MR) is 125 cm³/mol. The van der Waals surface area contributed by atoms with Gasteiger partial charge in [0.25, 0.3) is 5.91 Å². The molecule has 1 aliphatic carbocycles. The number of carbonyl (C=O) groups excluding carboxylic acids is 2. The van der Waals surface area contributed by atoms with E-state index in [0.29, 0.717) is 27.1 Å². The number of carbonyl (C=O) groups is 2. The fourth-order valence-corrected chi connectivity index (χ4v) is 4.31. The first-order valence-corrected chi connectivity index (χ1v) is 11.4. The summed E-state index contributed by atoms with van der Waals surface area (Å²) in [6, 6.07) is 11.7. The molecule has 1 N–H and O–H groups in total. The lowest BCUT2D eigenvalue weighted by Gasteiger charge is -2.30. The van der Waals surface area contributed by atoms with Crippen LogP contribution in [0.1, 0.15) is 38.2 Å². The number of para-hydroxylation sites is 2. The minimum Gasteiger partial charge on any atom is -0.493 e. The third-order valence-corrected chi connectivity index (χ3v) is 6.39. The molecule has 0 spiro atoms. The molecule has 8 heteroatoms. The van der Waals surface area contributed by atoms with Crippen molar-refractivity contribution in [2.75, 3.05) is 13.7 Å². The van der Waals surface area contributed by atoms with Gasteiger partial charge in [-0.05, 0) is 44.0 Å².